The molecular weight excluding hydrogens is 621 g/mol. The molecule has 1 aliphatic rings. The molecule has 1 amide bonds. The number of halogens is 3. The predicted octanol–water partition coefficient (Wildman–Crippen LogP) is 7.67. The van der Waals surface area contributed by atoms with Crippen molar-refractivity contribution in [3.63, 3.8) is 0 Å². The van der Waals surface area contributed by atoms with Crippen molar-refractivity contribution in [2.75, 3.05) is 19.8 Å². The van der Waals surface area contributed by atoms with Crippen LogP contribution in [0.3, 0.4) is 0 Å². The SMILES string of the molecule is CCCOC(=O)CCCN1C(=O)/C(=C/c2cc(Br)c(OCc3c(Cl)cccc3Cl)c(OCC)c2)SC1=S. The van der Waals surface area contributed by atoms with E-state index in [1.54, 1.807) is 30.3 Å². The maximum atomic E-state index is 13.0. The van der Waals surface area contributed by atoms with Gasteiger partial charge in [-0.05, 0) is 71.6 Å². The van der Waals surface area contributed by atoms with Crippen LogP contribution in [0.15, 0.2) is 39.7 Å². The van der Waals surface area contributed by atoms with Gasteiger partial charge in [-0.3, -0.25) is 14.5 Å². The molecule has 0 spiro atoms. The topological polar surface area (TPSA) is 65.1 Å². The Bertz CT molecular complexity index is 1190. The number of carbonyl (C=O) groups excluding carboxylic acids is 2. The first-order chi connectivity index (χ1) is 17.7. The van der Waals surface area contributed by atoms with Gasteiger partial charge in [-0.25, -0.2) is 0 Å². The van der Waals surface area contributed by atoms with Crippen LogP contribution in [0, 0.1) is 0 Å². The highest BCUT2D eigenvalue weighted by Gasteiger charge is 2.32. The van der Waals surface area contributed by atoms with Crippen LogP contribution in [-0.2, 0) is 20.9 Å². The highest BCUT2D eigenvalue weighted by Crippen LogP contribution is 2.40. The molecule has 11 heteroatoms. The first kappa shape index (κ1) is 29.8. The molecule has 0 unspecified atom stereocenters. The van der Waals surface area contributed by atoms with Crippen molar-refractivity contribution in [2.24, 2.45) is 0 Å². The molecule has 0 aromatic heterocycles. The highest BCUT2D eigenvalue weighted by molar-refractivity contribution is 9.10. The molecule has 0 saturated carbocycles. The Morgan fingerprint density at radius 3 is 2.59 bits per heavy atom. The van der Waals surface area contributed by atoms with Crippen LogP contribution >= 0.6 is 63.1 Å². The van der Waals surface area contributed by atoms with E-state index in [9.17, 15) is 9.59 Å². The summed E-state index contributed by atoms with van der Waals surface area (Å²) in [6.45, 7) is 5.14. The second kappa shape index (κ2) is 14.4. The second-order valence-electron chi connectivity index (χ2n) is 7.91. The molecule has 1 aliphatic heterocycles. The van der Waals surface area contributed by atoms with Crippen molar-refractivity contribution in [3.8, 4) is 11.5 Å². The molecule has 0 radical (unpaired) electrons. The largest absolute Gasteiger partial charge is 0.490 e. The van der Waals surface area contributed by atoms with Crippen LogP contribution in [-0.4, -0.2) is 40.9 Å². The number of ether oxygens (including phenoxy) is 3. The van der Waals surface area contributed by atoms with E-state index in [4.69, 9.17) is 49.6 Å². The molecule has 198 valence electrons. The van der Waals surface area contributed by atoms with E-state index in [0.717, 1.165) is 12.0 Å². The lowest BCUT2D eigenvalue weighted by molar-refractivity contribution is -0.144. The molecule has 1 saturated heterocycles. The summed E-state index contributed by atoms with van der Waals surface area (Å²) < 4.78 is 18.0. The highest BCUT2D eigenvalue weighted by atomic mass is 79.9. The molecule has 2 aromatic rings. The third-order valence-corrected chi connectivity index (χ3v) is 7.83. The standard InChI is InChI=1S/C26H26BrCl2NO5S2/c1-3-11-34-23(31)9-6-10-30-25(32)22(37-26(30)36)14-16-12-18(27)24(21(13-16)33-4-2)35-15-17-19(28)7-5-8-20(17)29/h5,7-8,12-14H,3-4,6,9-11,15H2,1-2H3/b22-14-. The summed E-state index contributed by atoms with van der Waals surface area (Å²) in [4.78, 5) is 26.7. The molecule has 1 heterocycles. The number of carbonyl (C=O) groups is 2. The predicted molar refractivity (Wildman–Crippen MR) is 156 cm³/mol. The van der Waals surface area contributed by atoms with E-state index in [1.165, 1.54) is 16.7 Å². The average molecular weight is 647 g/mol. The van der Waals surface area contributed by atoms with Crippen molar-refractivity contribution >= 4 is 85.4 Å². The summed E-state index contributed by atoms with van der Waals surface area (Å²) in [5.74, 6) is 0.541. The Kier molecular flexibility index (Phi) is 11.6. The summed E-state index contributed by atoms with van der Waals surface area (Å²) in [5.41, 5.74) is 1.41. The number of thiocarbonyl (C=S) groups is 1. The fourth-order valence-electron chi connectivity index (χ4n) is 3.40. The molecule has 0 atom stereocenters. The fraction of sp³-hybridized carbons (Fsp3) is 0.346. The smallest absolute Gasteiger partial charge is 0.305 e. The summed E-state index contributed by atoms with van der Waals surface area (Å²) >= 11 is 22.7. The van der Waals surface area contributed by atoms with E-state index in [0.29, 0.717) is 67.0 Å². The zero-order chi connectivity index (χ0) is 26.9. The van der Waals surface area contributed by atoms with Crippen molar-refractivity contribution in [1.29, 1.82) is 0 Å². The summed E-state index contributed by atoms with van der Waals surface area (Å²) in [6, 6.07) is 8.91. The zero-order valence-electron chi connectivity index (χ0n) is 20.4. The molecule has 0 aliphatic carbocycles. The number of thioether (sulfide) groups is 1. The van der Waals surface area contributed by atoms with E-state index in [-0.39, 0.29) is 24.9 Å². The van der Waals surface area contributed by atoms with Crippen molar-refractivity contribution in [1.82, 2.24) is 4.90 Å². The van der Waals surface area contributed by atoms with Gasteiger partial charge in [0.25, 0.3) is 5.91 Å². The van der Waals surface area contributed by atoms with Gasteiger partial charge in [0.1, 0.15) is 10.9 Å². The van der Waals surface area contributed by atoms with Crippen LogP contribution in [0.4, 0.5) is 0 Å². The Balaban J connectivity index is 1.74. The van der Waals surface area contributed by atoms with Crippen LogP contribution in [0.1, 0.15) is 44.2 Å². The van der Waals surface area contributed by atoms with E-state index in [2.05, 4.69) is 15.9 Å². The minimum absolute atomic E-state index is 0.154. The maximum absolute atomic E-state index is 13.0. The van der Waals surface area contributed by atoms with Crippen molar-refractivity contribution < 1.29 is 23.8 Å². The monoisotopic (exact) mass is 645 g/mol. The average Bonchev–Trinajstić information content (AvgIpc) is 3.11. The van der Waals surface area contributed by atoms with Gasteiger partial charge in [0, 0.05) is 28.6 Å². The fourth-order valence-corrected chi connectivity index (χ4v) is 5.79. The molecule has 3 rings (SSSR count). The van der Waals surface area contributed by atoms with Crippen LogP contribution in [0.2, 0.25) is 10.0 Å². The third-order valence-electron chi connectivity index (χ3n) is 5.16. The zero-order valence-corrected chi connectivity index (χ0v) is 25.1. The molecule has 37 heavy (non-hydrogen) atoms. The molecule has 0 bridgehead atoms. The summed E-state index contributed by atoms with van der Waals surface area (Å²) in [6.07, 6.45) is 3.25. The first-order valence-corrected chi connectivity index (χ1v) is 14.5. The van der Waals surface area contributed by atoms with Crippen LogP contribution < -0.4 is 9.47 Å². The van der Waals surface area contributed by atoms with Gasteiger partial charge in [-0.2, -0.15) is 0 Å². The molecule has 1 fully saturated rings. The number of benzene rings is 2. The lowest BCUT2D eigenvalue weighted by atomic mass is 10.1. The van der Waals surface area contributed by atoms with Gasteiger partial charge in [0.05, 0.1) is 22.6 Å². The van der Waals surface area contributed by atoms with E-state index >= 15 is 0 Å². The van der Waals surface area contributed by atoms with Gasteiger partial charge in [-0.15, -0.1) is 0 Å². The van der Waals surface area contributed by atoms with Gasteiger partial charge in [0.15, 0.2) is 11.5 Å². The number of esters is 1. The number of hydrogen-bond donors (Lipinski definition) is 0. The van der Waals surface area contributed by atoms with Crippen LogP contribution in [0.5, 0.6) is 11.5 Å². The van der Waals surface area contributed by atoms with E-state index in [1.807, 2.05) is 19.9 Å². The van der Waals surface area contributed by atoms with E-state index < -0.39 is 0 Å². The van der Waals surface area contributed by atoms with Crippen LogP contribution in [0.25, 0.3) is 6.08 Å². The molecule has 0 N–H and O–H groups in total. The normalized spacial score (nSPS) is 14.4. The van der Waals surface area contributed by atoms with Gasteiger partial charge < -0.3 is 14.2 Å². The van der Waals surface area contributed by atoms with Crippen molar-refractivity contribution in [3.05, 3.63) is 60.9 Å². The molecular formula is C26H26BrCl2NO5S2. The van der Waals surface area contributed by atoms with Crippen molar-refractivity contribution in [2.45, 2.75) is 39.7 Å². The molecule has 6 nitrogen and oxygen atoms in total. The Morgan fingerprint density at radius 1 is 1.19 bits per heavy atom. The Labute approximate surface area is 244 Å². The Morgan fingerprint density at radius 2 is 1.92 bits per heavy atom. The van der Waals surface area contributed by atoms with Gasteiger partial charge in [0.2, 0.25) is 0 Å². The lowest BCUT2D eigenvalue weighted by Crippen LogP contribution is -2.29. The second-order valence-corrected chi connectivity index (χ2v) is 11.3. The quantitative estimate of drug-likeness (QED) is 0.133. The maximum Gasteiger partial charge on any atom is 0.305 e. The number of amides is 1. The number of nitrogens with zero attached hydrogens (tertiary/aromatic N) is 1. The summed E-state index contributed by atoms with van der Waals surface area (Å²) in [7, 11) is 0. The third kappa shape index (κ3) is 8.10. The number of rotatable bonds is 12. The molecule has 2 aromatic carbocycles. The minimum Gasteiger partial charge on any atom is -0.490 e. The first-order valence-electron chi connectivity index (χ1n) is 11.7. The van der Waals surface area contributed by atoms with Gasteiger partial charge in [-0.1, -0.05) is 60.2 Å². The number of hydrogen-bond acceptors (Lipinski definition) is 7. The Hall–Kier alpha value is -1.78. The summed E-state index contributed by atoms with van der Waals surface area (Å²) in [5, 5.41) is 1.02. The lowest BCUT2D eigenvalue weighted by Gasteiger charge is -2.16. The minimum atomic E-state index is -0.268. The van der Waals surface area contributed by atoms with Gasteiger partial charge >= 0.3 is 5.97 Å².